The van der Waals surface area contributed by atoms with Crippen molar-refractivity contribution in [3.05, 3.63) is 28.2 Å². The number of benzene rings is 1. The molecule has 8 heteroatoms. The Morgan fingerprint density at radius 3 is 2.75 bits per heavy atom. The van der Waals surface area contributed by atoms with Crippen molar-refractivity contribution in [3.8, 4) is 0 Å². The highest BCUT2D eigenvalue weighted by Crippen LogP contribution is 2.30. The highest BCUT2D eigenvalue weighted by Gasteiger charge is 2.34. The van der Waals surface area contributed by atoms with Crippen LogP contribution in [0.15, 0.2) is 23.1 Å². The van der Waals surface area contributed by atoms with Crippen LogP contribution in [-0.4, -0.2) is 38.3 Å². The first-order chi connectivity index (χ1) is 11.2. The molecular formula is C16H22Cl2N2O3S. The van der Waals surface area contributed by atoms with Gasteiger partial charge in [-0.2, -0.15) is 4.31 Å². The molecule has 1 N–H and O–H groups in total. The fourth-order valence-electron chi connectivity index (χ4n) is 2.64. The van der Waals surface area contributed by atoms with Gasteiger partial charge in [-0.15, -0.1) is 0 Å². The van der Waals surface area contributed by atoms with Gasteiger partial charge in [0.25, 0.3) is 0 Å². The van der Waals surface area contributed by atoms with E-state index in [1.807, 2.05) is 13.8 Å². The Morgan fingerprint density at radius 2 is 2.08 bits per heavy atom. The van der Waals surface area contributed by atoms with Crippen molar-refractivity contribution in [2.24, 2.45) is 11.8 Å². The Labute approximate surface area is 153 Å². The zero-order valence-corrected chi connectivity index (χ0v) is 16.1. The summed E-state index contributed by atoms with van der Waals surface area (Å²) in [4.78, 5) is 12.2. The van der Waals surface area contributed by atoms with Crippen molar-refractivity contribution in [1.29, 1.82) is 0 Å². The molecule has 0 aliphatic carbocycles. The number of nitrogens with zero attached hydrogens (tertiary/aromatic N) is 1. The largest absolute Gasteiger partial charge is 0.356 e. The van der Waals surface area contributed by atoms with Gasteiger partial charge in [-0.1, -0.05) is 37.0 Å². The van der Waals surface area contributed by atoms with Crippen molar-refractivity contribution in [3.63, 3.8) is 0 Å². The number of halogens is 2. The Kier molecular flexibility index (Phi) is 6.53. The van der Waals surface area contributed by atoms with Crippen LogP contribution in [0.1, 0.15) is 26.7 Å². The van der Waals surface area contributed by atoms with Crippen LogP contribution < -0.4 is 5.32 Å². The number of nitrogens with one attached hydrogen (secondary N) is 1. The molecule has 5 nitrogen and oxygen atoms in total. The summed E-state index contributed by atoms with van der Waals surface area (Å²) in [5, 5.41) is 3.31. The molecule has 1 heterocycles. The third kappa shape index (κ3) is 4.63. The third-order valence-electron chi connectivity index (χ3n) is 3.95. The van der Waals surface area contributed by atoms with Crippen LogP contribution in [0.4, 0.5) is 0 Å². The molecule has 134 valence electrons. The minimum Gasteiger partial charge on any atom is -0.356 e. The normalized spacial score (nSPS) is 19.5. The summed E-state index contributed by atoms with van der Waals surface area (Å²) in [5.41, 5.74) is 0. The van der Waals surface area contributed by atoms with E-state index in [1.165, 1.54) is 16.4 Å². The lowest BCUT2D eigenvalue weighted by atomic mass is 9.98. The number of hydrogen-bond acceptors (Lipinski definition) is 3. The maximum Gasteiger partial charge on any atom is 0.244 e. The smallest absolute Gasteiger partial charge is 0.244 e. The van der Waals surface area contributed by atoms with Gasteiger partial charge in [0, 0.05) is 24.7 Å². The molecule has 24 heavy (non-hydrogen) atoms. The molecule has 0 spiro atoms. The lowest BCUT2D eigenvalue weighted by molar-refractivity contribution is -0.126. The van der Waals surface area contributed by atoms with E-state index in [4.69, 9.17) is 23.2 Å². The summed E-state index contributed by atoms with van der Waals surface area (Å²) in [6.07, 6.45) is 1.32. The molecule has 1 aromatic rings. The summed E-state index contributed by atoms with van der Waals surface area (Å²) >= 11 is 11.9. The van der Waals surface area contributed by atoms with Gasteiger partial charge in [0.05, 0.1) is 10.9 Å². The summed E-state index contributed by atoms with van der Waals surface area (Å²) in [6, 6.07) is 4.36. The molecule has 1 fully saturated rings. The summed E-state index contributed by atoms with van der Waals surface area (Å²) in [6.45, 7) is 5.15. The van der Waals surface area contributed by atoms with Crippen LogP contribution in [0, 0.1) is 11.8 Å². The maximum absolute atomic E-state index is 12.8. The van der Waals surface area contributed by atoms with E-state index < -0.39 is 10.0 Å². The van der Waals surface area contributed by atoms with Gasteiger partial charge in [-0.25, -0.2) is 8.42 Å². The average molecular weight is 393 g/mol. The average Bonchev–Trinajstić information content (AvgIpc) is 2.54. The molecule has 1 aromatic carbocycles. The third-order valence-corrected chi connectivity index (χ3v) is 6.53. The second-order valence-electron chi connectivity index (χ2n) is 6.42. The molecule has 0 saturated carbocycles. The fraction of sp³-hybridized carbons (Fsp3) is 0.562. The Bertz CT molecular complexity index is 707. The molecule has 1 amide bonds. The summed E-state index contributed by atoms with van der Waals surface area (Å²) in [5.74, 6) is -0.0892. The van der Waals surface area contributed by atoms with Gasteiger partial charge in [-0.05, 0) is 37.0 Å². The fourth-order valence-corrected chi connectivity index (χ4v) is 4.90. The van der Waals surface area contributed by atoms with Gasteiger partial charge in [0.15, 0.2) is 0 Å². The highest BCUT2D eigenvalue weighted by molar-refractivity contribution is 7.89. The molecule has 0 unspecified atom stereocenters. The van der Waals surface area contributed by atoms with E-state index >= 15 is 0 Å². The van der Waals surface area contributed by atoms with Crippen molar-refractivity contribution in [2.45, 2.75) is 31.6 Å². The number of carbonyl (C=O) groups is 1. The minimum absolute atomic E-state index is 0.0140. The van der Waals surface area contributed by atoms with E-state index in [0.717, 1.165) is 0 Å². The maximum atomic E-state index is 12.8. The lowest BCUT2D eigenvalue weighted by Gasteiger charge is -2.31. The van der Waals surface area contributed by atoms with Gasteiger partial charge in [-0.3, -0.25) is 4.79 Å². The Balaban J connectivity index is 2.16. The minimum atomic E-state index is -3.78. The first-order valence-electron chi connectivity index (χ1n) is 7.94. The summed E-state index contributed by atoms with van der Waals surface area (Å²) in [7, 11) is -3.78. The molecule has 0 radical (unpaired) electrons. The van der Waals surface area contributed by atoms with E-state index in [0.29, 0.717) is 36.9 Å². The monoisotopic (exact) mass is 392 g/mol. The first kappa shape index (κ1) is 19.5. The molecule has 1 saturated heterocycles. The van der Waals surface area contributed by atoms with Crippen molar-refractivity contribution in [2.75, 3.05) is 19.6 Å². The van der Waals surface area contributed by atoms with Gasteiger partial charge in [0.2, 0.25) is 15.9 Å². The second kappa shape index (κ2) is 8.04. The van der Waals surface area contributed by atoms with Crippen LogP contribution in [0.5, 0.6) is 0 Å². The van der Waals surface area contributed by atoms with Crippen LogP contribution in [0.25, 0.3) is 0 Å². The van der Waals surface area contributed by atoms with E-state index in [-0.39, 0.29) is 28.3 Å². The number of piperidine rings is 1. The topological polar surface area (TPSA) is 66.5 Å². The number of amides is 1. The van der Waals surface area contributed by atoms with Crippen LogP contribution in [0.2, 0.25) is 10.0 Å². The predicted octanol–water partition coefficient (Wildman–Crippen LogP) is 3.17. The van der Waals surface area contributed by atoms with Crippen molar-refractivity contribution >= 4 is 39.1 Å². The molecular weight excluding hydrogens is 371 g/mol. The zero-order valence-electron chi connectivity index (χ0n) is 13.8. The molecule has 1 aliphatic rings. The number of rotatable bonds is 5. The highest BCUT2D eigenvalue weighted by atomic mass is 35.5. The SMILES string of the molecule is CC(C)CNC(=O)[C@H]1CCCN(S(=O)(=O)c2cc(Cl)ccc2Cl)C1. The van der Waals surface area contributed by atoms with E-state index in [1.54, 1.807) is 6.07 Å². The number of hydrogen-bond donors (Lipinski definition) is 1. The number of carbonyl (C=O) groups excluding carboxylic acids is 1. The van der Waals surface area contributed by atoms with Gasteiger partial charge in [0.1, 0.15) is 4.90 Å². The summed E-state index contributed by atoms with van der Waals surface area (Å²) < 4.78 is 27.0. The van der Waals surface area contributed by atoms with Gasteiger partial charge < -0.3 is 5.32 Å². The van der Waals surface area contributed by atoms with Crippen molar-refractivity contribution in [1.82, 2.24) is 9.62 Å². The molecule has 1 atom stereocenters. The standard InChI is InChI=1S/C16H22Cl2N2O3S/c1-11(2)9-19-16(21)12-4-3-7-20(10-12)24(22,23)15-8-13(17)5-6-14(15)18/h5-6,8,11-12H,3-4,7,9-10H2,1-2H3,(H,19,21)/t12-/m0/s1. The van der Waals surface area contributed by atoms with Crippen LogP contribution >= 0.6 is 23.2 Å². The lowest BCUT2D eigenvalue weighted by Crippen LogP contribution is -2.45. The molecule has 2 rings (SSSR count). The molecule has 0 aromatic heterocycles. The Hall–Kier alpha value is -0.820. The quantitative estimate of drug-likeness (QED) is 0.836. The number of sulfonamides is 1. The zero-order chi connectivity index (χ0) is 17.9. The van der Waals surface area contributed by atoms with Crippen molar-refractivity contribution < 1.29 is 13.2 Å². The van der Waals surface area contributed by atoms with E-state index in [2.05, 4.69) is 5.32 Å². The van der Waals surface area contributed by atoms with E-state index in [9.17, 15) is 13.2 Å². The molecule has 0 bridgehead atoms. The predicted molar refractivity (Wildman–Crippen MR) is 95.8 cm³/mol. The second-order valence-corrected chi connectivity index (χ2v) is 9.17. The first-order valence-corrected chi connectivity index (χ1v) is 10.1. The van der Waals surface area contributed by atoms with Crippen LogP contribution in [-0.2, 0) is 14.8 Å². The molecule has 1 aliphatic heterocycles. The van der Waals surface area contributed by atoms with Gasteiger partial charge >= 0.3 is 0 Å². The Morgan fingerprint density at radius 1 is 1.38 bits per heavy atom. The van der Waals surface area contributed by atoms with Crippen LogP contribution in [0.3, 0.4) is 0 Å².